The quantitative estimate of drug-likeness (QED) is 0.489. The van der Waals surface area contributed by atoms with Crippen molar-refractivity contribution in [1.29, 1.82) is 0 Å². The summed E-state index contributed by atoms with van der Waals surface area (Å²) in [4.78, 5) is 26.9. The molecule has 194 valence electrons. The van der Waals surface area contributed by atoms with Gasteiger partial charge in [0.25, 0.3) is 5.91 Å². The number of nitrogens with zero attached hydrogens (tertiary/aromatic N) is 2. The van der Waals surface area contributed by atoms with Crippen molar-refractivity contribution in [1.82, 2.24) is 9.21 Å². The highest BCUT2D eigenvalue weighted by Crippen LogP contribution is 2.28. The third-order valence-corrected chi connectivity index (χ3v) is 9.39. The lowest BCUT2D eigenvalue weighted by molar-refractivity contribution is -0.135. The second kappa shape index (κ2) is 12.2. The first kappa shape index (κ1) is 26.6. The highest BCUT2D eigenvalue weighted by Gasteiger charge is 2.29. The van der Waals surface area contributed by atoms with Crippen LogP contribution in [0, 0.1) is 5.92 Å². The van der Waals surface area contributed by atoms with E-state index in [9.17, 15) is 18.0 Å². The average Bonchev–Trinajstić information content (AvgIpc) is 3.19. The van der Waals surface area contributed by atoms with Crippen LogP contribution >= 0.6 is 11.6 Å². The first-order valence-electron chi connectivity index (χ1n) is 12.6. The molecule has 36 heavy (non-hydrogen) atoms. The van der Waals surface area contributed by atoms with Crippen LogP contribution in [-0.4, -0.2) is 62.3 Å². The summed E-state index contributed by atoms with van der Waals surface area (Å²) < 4.78 is 33.0. The summed E-state index contributed by atoms with van der Waals surface area (Å²) in [6.45, 7) is 1.76. The lowest BCUT2D eigenvalue weighted by atomic mass is 9.90. The van der Waals surface area contributed by atoms with Gasteiger partial charge in [-0.15, -0.1) is 0 Å². The van der Waals surface area contributed by atoms with Crippen LogP contribution in [0.2, 0.25) is 5.02 Å². The smallest absolute Gasteiger partial charge is 0.338 e. The molecule has 2 saturated heterocycles. The Bertz CT molecular complexity index is 1160. The fraction of sp³-hybridized carbons (Fsp3) is 0.481. The summed E-state index contributed by atoms with van der Waals surface area (Å²) in [7, 11) is -3.83. The van der Waals surface area contributed by atoms with E-state index in [0.29, 0.717) is 32.1 Å². The fourth-order valence-electron chi connectivity index (χ4n) is 4.88. The largest absolute Gasteiger partial charge is 0.452 e. The number of likely N-dealkylation sites (tertiary alicyclic amines) is 1. The van der Waals surface area contributed by atoms with Gasteiger partial charge in [0.1, 0.15) is 4.90 Å². The molecule has 2 aliphatic rings. The Labute approximate surface area is 218 Å². The van der Waals surface area contributed by atoms with Gasteiger partial charge in [0.05, 0.1) is 10.6 Å². The molecule has 0 N–H and O–H groups in total. The summed E-state index contributed by atoms with van der Waals surface area (Å²) in [6, 6.07) is 14.4. The molecule has 0 spiro atoms. The van der Waals surface area contributed by atoms with Crippen molar-refractivity contribution in [2.24, 2.45) is 5.92 Å². The van der Waals surface area contributed by atoms with Crippen molar-refractivity contribution in [2.45, 2.75) is 49.8 Å². The molecule has 0 radical (unpaired) electrons. The van der Waals surface area contributed by atoms with E-state index in [1.54, 1.807) is 4.90 Å². The zero-order valence-corrected chi connectivity index (χ0v) is 22.0. The van der Waals surface area contributed by atoms with Gasteiger partial charge >= 0.3 is 5.97 Å². The van der Waals surface area contributed by atoms with Crippen LogP contribution in [0.3, 0.4) is 0 Å². The van der Waals surface area contributed by atoms with Crippen molar-refractivity contribution < 1.29 is 22.7 Å². The van der Waals surface area contributed by atoms with Crippen molar-refractivity contribution in [2.75, 3.05) is 32.8 Å². The summed E-state index contributed by atoms with van der Waals surface area (Å²) in [5.74, 6) is -0.461. The summed E-state index contributed by atoms with van der Waals surface area (Å²) >= 11 is 6.22. The van der Waals surface area contributed by atoms with E-state index < -0.39 is 16.0 Å². The molecule has 0 aromatic heterocycles. The zero-order valence-electron chi connectivity index (χ0n) is 20.4. The lowest BCUT2D eigenvalue weighted by Crippen LogP contribution is -2.41. The number of hydrogen-bond donors (Lipinski definition) is 0. The minimum absolute atomic E-state index is 0.0576. The number of hydrogen-bond acceptors (Lipinski definition) is 5. The Morgan fingerprint density at radius 1 is 0.917 bits per heavy atom. The van der Waals surface area contributed by atoms with E-state index in [1.807, 2.05) is 18.2 Å². The van der Waals surface area contributed by atoms with Crippen LogP contribution in [0.4, 0.5) is 0 Å². The van der Waals surface area contributed by atoms with E-state index in [2.05, 4.69) is 12.1 Å². The number of halogens is 1. The monoisotopic (exact) mass is 532 g/mol. The SMILES string of the molecule is O=C(OCC(=O)N1CCC(Cc2ccccc2)CC1)c1ccc(Cl)c(S(=O)(=O)N2CCCCCC2)c1. The van der Waals surface area contributed by atoms with Gasteiger partial charge in [0.15, 0.2) is 6.61 Å². The number of sulfonamides is 1. The maximum absolute atomic E-state index is 13.2. The number of esters is 1. The average molecular weight is 533 g/mol. The minimum Gasteiger partial charge on any atom is -0.452 e. The third kappa shape index (κ3) is 6.66. The van der Waals surface area contributed by atoms with Gasteiger partial charge < -0.3 is 9.64 Å². The van der Waals surface area contributed by atoms with Crippen LogP contribution < -0.4 is 0 Å². The molecule has 2 aromatic rings. The number of carbonyl (C=O) groups is 2. The molecule has 0 unspecified atom stereocenters. The van der Waals surface area contributed by atoms with Gasteiger partial charge in [-0.2, -0.15) is 4.31 Å². The van der Waals surface area contributed by atoms with Gasteiger partial charge in [-0.3, -0.25) is 4.79 Å². The van der Waals surface area contributed by atoms with Gasteiger partial charge in [0.2, 0.25) is 10.0 Å². The van der Waals surface area contributed by atoms with Crippen LogP contribution in [0.15, 0.2) is 53.4 Å². The molecule has 4 rings (SSSR count). The minimum atomic E-state index is -3.83. The van der Waals surface area contributed by atoms with Crippen LogP contribution in [-0.2, 0) is 26.0 Å². The maximum atomic E-state index is 13.2. The molecule has 2 aliphatic heterocycles. The Morgan fingerprint density at radius 2 is 1.58 bits per heavy atom. The highest BCUT2D eigenvalue weighted by atomic mass is 35.5. The molecular weight excluding hydrogens is 500 g/mol. The second-order valence-corrected chi connectivity index (χ2v) is 11.9. The lowest BCUT2D eigenvalue weighted by Gasteiger charge is -2.32. The number of carbonyl (C=O) groups excluding carboxylic acids is 2. The molecular formula is C27H33ClN2O5S. The van der Waals surface area contributed by atoms with Gasteiger partial charge in [-0.25, -0.2) is 13.2 Å². The first-order chi connectivity index (χ1) is 17.3. The molecule has 1 amide bonds. The zero-order chi connectivity index (χ0) is 25.5. The molecule has 0 atom stereocenters. The number of benzene rings is 2. The second-order valence-electron chi connectivity index (χ2n) is 9.55. The summed E-state index contributed by atoms with van der Waals surface area (Å²) in [6.07, 6.45) is 6.38. The molecule has 9 heteroatoms. The van der Waals surface area contributed by atoms with Crippen molar-refractivity contribution >= 4 is 33.5 Å². The van der Waals surface area contributed by atoms with Crippen molar-refractivity contribution in [3.05, 3.63) is 64.7 Å². The molecule has 0 saturated carbocycles. The number of ether oxygens (including phenoxy) is 1. The Hall–Kier alpha value is -2.42. The topological polar surface area (TPSA) is 84.0 Å². The third-order valence-electron chi connectivity index (χ3n) is 7.01. The van der Waals surface area contributed by atoms with Crippen LogP contribution in [0.5, 0.6) is 0 Å². The van der Waals surface area contributed by atoms with E-state index in [0.717, 1.165) is 44.9 Å². The molecule has 2 aromatic carbocycles. The predicted octanol–water partition coefficient (Wildman–Crippen LogP) is 4.54. The Kier molecular flexibility index (Phi) is 9.04. The highest BCUT2D eigenvalue weighted by molar-refractivity contribution is 7.89. The van der Waals surface area contributed by atoms with Crippen LogP contribution in [0.1, 0.15) is 54.4 Å². The van der Waals surface area contributed by atoms with Gasteiger partial charge in [0, 0.05) is 26.2 Å². The normalized spacial score (nSPS) is 18.0. The van der Waals surface area contributed by atoms with E-state index in [4.69, 9.17) is 16.3 Å². The van der Waals surface area contributed by atoms with Crippen molar-refractivity contribution in [3.63, 3.8) is 0 Å². The number of piperidine rings is 1. The molecule has 2 fully saturated rings. The first-order valence-corrected chi connectivity index (χ1v) is 14.4. The van der Waals surface area contributed by atoms with Crippen LogP contribution in [0.25, 0.3) is 0 Å². The summed E-state index contributed by atoms with van der Waals surface area (Å²) in [5, 5.41) is 0.0604. The predicted molar refractivity (Wildman–Crippen MR) is 138 cm³/mol. The molecule has 2 heterocycles. The Balaban J connectivity index is 1.31. The van der Waals surface area contributed by atoms with E-state index in [-0.39, 0.29) is 28.0 Å². The fourth-order valence-corrected chi connectivity index (χ4v) is 6.90. The molecule has 0 bridgehead atoms. The summed E-state index contributed by atoms with van der Waals surface area (Å²) in [5.41, 5.74) is 1.36. The maximum Gasteiger partial charge on any atom is 0.338 e. The standard InChI is InChI=1S/C27H33ClN2O5S/c28-24-11-10-23(19-25(24)36(33,34)30-14-6-1-2-7-15-30)27(32)35-20-26(31)29-16-12-22(13-17-29)18-21-8-4-3-5-9-21/h3-5,8-11,19,22H,1-2,6-7,12-18,20H2. The Morgan fingerprint density at radius 3 is 2.25 bits per heavy atom. The van der Waals surface area contributed by atoms with E-state index >= 15 is 0 Å². The van der Waals surface area contributed by atoms with Crippen molar-refractivity contribution in [3.8, 4) is 0 Å². The van der Waals surface area contributed by atoms with Gasteiger partial charge in [-0.1, -0.05) is 54.8 Å². The molecule has 7 nitrogen and oxygen atoms in total. The van der Waals surface area contributed by atoms with E-state index in [1.165, 1.54) is 28.1 Å². The van der Waals surface area contributed by atoms with Gasteiger partial charge in [-0.05, 0) is 61.8 Å². The number of rotatable bonds is 7. The number of amides is 1. The molecule has 0 aliphatic carbocycles.